The fourth-order valence-corrected chi connectivity index (χ4v) is 0.650. The van der Waals surface area contributed by atoms with Gasteiger partial charge in [0, 0.05) is 0 Å². The highest BCUT2D eigenvalue weighted by Gasteiger charge is 2.12. The van der Waals surface area contributed by atoms with E-state index in [4.69, 9.17) is 21.4 Å². The molecule has 0 unspecified atom stereocenters. The highest BCUT2D eigenvalue weighted by molar-refractivity contribution is 6.19. The van der Waals surface area contributed by atoms with Crippen LogP contribution in [-0.2, 0) is 4.74 Å². The van der Waals surface area contributed by atoms with Gasteiger partial charge in [-0.2, -0.15) is 0 Å². The van der Waals surface area contributed by atoms with Crippen LogP contribution in [0.25, 0.3) is 0 Å². The molecule has 1 N–H and O–H groups in total. The third-order valence-electron chi connectivity index (χ3n) is 1.01. The minimum absolute atomic E-state index is 0.0198. The van der Waals surface area contributed by atoms with E-state index in [0.29, 0.717) is 12.5 Å². The Labute approximate surface area is 72.5 Å². The fourth-order valence-electron chi connectivity index (χ4n) is 0.583. The summed E-state index contributed by atoms with van der Waals surface area (Å²) in [6.45, 7) is 4.00. The molecule has 3 heteroatoms. The number of hydrogen-bond donors (Lipinski definition) is 1. The summed E-state index contributed by atoms with van der Waals surface area (Å²) < 4.78 is 5.20. The summed E-state index contributed by atoms with van der Waals surface area (Å²) in [6.07, 6.45) is 0. The number of aliphatic hydroxyl groups excluding tert-OH is 1. The summed E-state index contributed by atoms with van der Waals surface area (Å²) in [5.41, 5.74) is -0.502. The maximum absolute atomic E-state index is 8.46. The second kappa shape index (κ2) is 5.42. The topological polar surface area (TPSA) is 29.5 Å². The van der Waals surface area contributed by atoms with Crippen molar-refractivity contribution < 1.29 is 9.84 Å². The highest BCUT2D eigenvalue weighted by atomic mass is 35.5. The van der Waals surface area contributed by atoms with Gasteiger partial charge in [0.15, 0.2) is 0 Å². The van der Waals surface area contributed by atoms with Crippen LogP contribution >= 0.6 is 11.6 Å². The van der Waals surface area contributed by atoms with Crippen LogP contribution in [0.15, 0.2) is 0 Å². The van der Waals surface area contributed by atoms with Crippen LogP contribution in [0.3, 0.4) is 0 Å². The molecule has 0 spiro atoms. The van der Waals surface area contributed by atoms with E-state index in [1.807, 2.05) is 13.8 Å². The largest absolute Gasteiger partial charge is 0.394 e. The minimum atomic E-state index is -0.502. The number of ether oxygens (including phenoxy) is 1. The van der Waals surface area contributed by atoms with E-state index in [-0.39, 0.29) is 6.61 Å². The Hall–Kier alpha value is -0.230. The monoisotopic (exact) mass is 176 g/mol. The average molecular weight is 177 g/mol. The van der Waals surface area contributed by atoms with E-state index in [9.17, 15) is 0 Å². The van der Waals surface area contributed by atoms with Crippen molar-refractivity contribution in [3.8, 4) is 11.8 Å². The molecule has 0 aromatic heterocycles. The van der Waals surface area contributed by atoms with Gasteiger partial charge in [-0.05, 0) is 13.8 Å². The Bertz CT molecular complexity index is 155. The first-order valence-electron chi connectivity index (χ1n) is 3.43. The smallest absolute Gasteiger partial charge is 0.123 e. The minimum Gasteiger partial charge on any atom is -0.394 e. The van der Waals surface area contributed by atoms with Crippen molar-refractivity contribution in [3.63, 3.8) is 0 Å². The van der Waals surface area contributed by atoms with Gasteiger partial charge in [0.25, 0.3) is 0 Å². The lowest BCUT2D eigenvalue weighted by Crippen LogP contribution is -2.23. The predicted octanol–water partition coefficient (Wildman–Crippen LogP) is 1.02. The summed E-state index contributed by atoms with van der Waals surface area (Å²) in [5.74, 6) is 5.85. The lowest BCUT2D eigenvalue weighted by molar-refractivity contribution is 0.00602. The fraction of sp³-hybridized carbons (Fsp3) is 0.750. The van der Waals surface area contributed by atoms with E-state index >= 15 is 0 Å². The average Bonchev–Trinajstić information content (AvgIpc) is 1.97. The second-order valence-corrected chi connectivity index (χ2v) is 2.79. The molecule has 0 atom stereocenters. The normalized spacial score (nSPS) is 10.5. The molecule has 64 valence electrons. The SMILES string of the molecule is CC(C)(C#CCCl)OCCO. The zero-order valence-electron chi connectivity index (χ0n) is 6.85. The van der Waals surface area contributed by atoms with Crippen molar-refractivity contribution in [3.05, 3.63) is 0 Å². The van der Waals surface area contributed by atoms with E-state index in [2.05, 4.69) is 11.8 Å². The Morgan fingerprint density at radius 3 is 2.64 bits per heavy atom. The number of halogens is 1. The molecule has 0 amide bonds. The van der Waals surface area contributed by atoms with Crippen molar-refractivity contribution in [2.45, 2.75) is 19.4 Å². The van der Waals surface area contributed by atoms with Gasteiger partial charge in [-0.3, -0.25) is 0 Å². The number of rotatable bonds is 3. The summed E-state index contributed by atoms with van der Waals surface area (Å²) in [4.78, 5) is 0. The molecule has 0 radical (unpaired) electrons. The number of hydrogen-bond acceptors (Lipinski definition) is 2. The number of aliphatic hydroxyl groups is 1. The Balaban J connectivity index is 3.79. The van der Waals surface area contributed by atoms with Crippen molar-refractivity contribution in [2.24, 2.45) is 0 Å². The molecule has 0 aliphatic carbocycles. The van der Waals surface area contributed by atoms with Crippen molar-refractivity contribution >= 4 is 11.6 Å². The molecule has 0 rings (SSSR count). The van der Waals surface area contributed by atoms with Gasteiger partial charge in [0.05, 0.1) is 19.1 Å². The van der Waals surface area contributed by atoms with Gasteiger partial charge >= 0.3 is 0 Å². The molecule has 0 aromatic rings. The van der Waals surface area contributed by atoms with Crippen LogP contribution in [0.4, 0.5) is 0 Å². The first-order valence-corrected chi connectivity index (χ1v) is 3.96. The van der Waals surface area contributed by atoms with Gasteiger partial charge in [-0.15, -0.1) is 11.6 Å². The quantitative estimate of drug-likeness (QED) is 0.514. The Morgan fingerprint density at radius 1 is 1.55 bits per heavy atom. The zero-order chi connectivity index (χ0) is 8.74. The standard InChI is InChI=1S/C8H13ClO2/c1-8(2,4-3-5-9)11-7-6-10/h10H,5-7H2,1-2H3. The second-order valence-electron chi connectivity index (χ2n) is 2.52. The molecular weight excluding hydrogens is 164 g/mol. The maximum atomic E-state index is 8.46. The van der Waals surface area contributed by atoms with Crippen LogP contribution in [0.5, 0.6) is 0 Å². The van der Waals surface area contributed by atoms with Gasteiger partial charge < -0.3 is 9.84 Å². The third kappa shape index (κ3) is 6.18. The van der Waals surface area contributed by atoms with Gasteiger partial charge in [0.1, 0.15) is 5.60 Å². The lowest BCUT2D eigenvalue weighted by Gasteiger charge is -2.17. The summed E-state index contributed by atoms with van der Waals surface area (Å²) in [6, 6.07) is 0. The molecule has 0 saturated carbocycles. The van der Waals surface area contributed by atoms with Gasteiger partial charge in [-0.1, -0.05) is 11.8 Å². The molecule has 0 saturated heterocycles. The van der Waals surface area contributed by atoms with Crippen molar-refractivity contribution in [1.29, 1.82) is 0 Å². The van der Waals surface area contributed by atoms with E-state index < -0.39 is 5.60 Å². The van der Waals surface area contributed by atoms with Crippen molar-refractivity contribution in [2.75, 3.05) is 19.1 Å². The van der Waals surface area contributed by atoms with Gasteiger partial charge in [-0.25, -0.2) is 0 Å². The van der Waals surface area contributed by atoms with Crippen molar-refractivity contribution in [1.82, 2.24) is 0 Å². The first-order chi connectivity index (χ1) is 5.12. The van der Waals surface area contributed by atoms with Crippen LogP contribution in [-0.4, -0.2) is 29.8 Å². The molecule has 0 bridgehead atoms. The van der Waals surface area contributed by atoms with E-state index in [1.165, 1.54) is 0 Å². The molecule has 0 aromatic carbocycles. The summed E-state index contributed by atoms with van der Waals surface area (Å²) in [5, 5.41) is 8.46. The molecule has 0 aliphatic rings. The lowest BCUT2D eigenvalue weighted by atomic mass is 10.1. The van der Waals surface area contributed by atoms with E-state index in [1.54, 1.807) is 0 Å². The summed E-state index contributed by atoms with van der Waals surface area (Å²) >= 11 is 5.36. The maximum Gasteiger partial charge on any atom is 0.123 e. The third-order valence-corrected chi connectivity index (χ3v) is 1.14. The van der Waals surface area contributed by atoms with Crippen LogP contribution < -0.4 is 0 Å². The molecule has 11 heavy (non-hydrogen) atoms. The van der Waals surface area contributed by atoms with E-state index in [0.717, 1.165) is 0 Å². The highest BCUT2D eigenvalue weighted by Crippen LogP contribution is 2.05. The Morgan fingerprint density at radius 2 is 2.18 bits per heavy atom. The summed E-state index contributed by atoms with van der Waals surface area (Å²) in [7, 11) is 0. The number of alkyl halides is 1. The molecule has 0 aliphatic heterocycles. The van der Waals surface area contributed by atoms with Gasteiger partial charge in [0.2, 0.25) is 0 Å². The molecular formula is C8H13ClO2. The van der Waals surface area contributed by atoms with Crippen LogP contribution in [0.1, 0.15) is 13.8 Å². The van der Waals surface area contributed by atoms with Crippen LogP contribution in [0.2, 0.25) is 0 Å². The molecule has 2 nitrogen and oxygen atoms in total. The zero-order valence-corrected chi connectivity index (χ0v) is 7.61. The molecule has 0 heterocycles. The first kappa shape index (κ1) is 10.8. The van der Waals surface area contributed by atoms with Crippen LogP contribution in [0, 0.1) is 11.8 Å². The Kier molecular flexibility index (Phi) is 5.31. The predicted molar refractivity (Wildman–Crippen MR) is 45.6 cm³/mol. The molecule has 0 fully saturated rings.